The van der Waals surface area contributed by atoms with Gasteiger partial charge in [-0.3, -0.25) is 0 Å². The Labute approximate surface area is 249 Å². The minimum absolute atomic E-state index is 0. The molecule has 198 valence electrons. The van der Waals surface area contributed by atoms with Gasteiger partial charge in [0, 0.05) is 52.8 Å². The molecule has 10 heteroatoms. The van der Waals surface area contributed by atoms with Gasteiger partial charge in [-0.15, -0.1) is 0 Å². The van der Waals surface area contributed by atoms with Gasteiger partial charge in [0.2, 0.25) is 5.88 Å². The first-order valence-corrected chi connectivity index (χ1v) is 12.4. The molecule has 0 aliphatic heterocycles. The number of hydrogen-bond donors (Lipinski definition) is 2. The summed E-state index contributed by atoms with van der Waals surface area (Å²) in [6.45, 7) is 4.19. The number of aromatic nitrogens is 1. The van der Waals surface area contributed by atoms with Crippen molar-refractivity contribution in [1.29, 1.82) is 0 Å². The second kappa shape index (κ2) is 16.1. The number of halogens is 1. The first-order chi connectivity index (χ1) is 17.8. The average molecular weight is 552 g/mol. The SMILES string of the molecule is CCO[C@@H](CC(=O)[O-])c1ccc(OCc2ccc(Cl)c(-c3ccc(OCC(CO)CO)nc3C)c2)cc1.[Na+]. The van der Waals surface area contributed by atoms with Crippen molar-refractivity contribution in [2.75, 3.05) is 26.4 Å². The number of hydrogen-bond acceptors (Lipinski definition) is 8. The minimum Gasteiger partial charge on any atom is -0.550 e. The Morgan fingerprint density at radius 1 is 1.03 bits per heavy atom. The van der Waals surface area contributed by atoms with Crippen molar-refractivity contribution in [3.8, 4) is 22.8 Å². The van der Waals surface area contributed by atoms with E-state index in [0.717, 1.165) is 27.9 Å². The molecule has 38 heavy (non-hydrogen) atoms. The van der Waals surface area contributed by atoms with Gasteiger partial charge in [-0.2, -0.15) is 0 Å². The molecule has 0 aliphatic rings. The Bertz CT molecular complexity index is 1170. The van der Waals surface area contributed by atoms with Crippen LogP contribution in [-0.4, -0.2) is 47.6 Å². The summed E-state index contributed by atoms with van der Waals surface area (Å²) in [6.07, 6.45) is -0.781. The van der Waals surface area contributed by atoms with Gasteiger partial charge in [0.1, 0.15) is 12.4 Å². The number of ether oxygens (including phenoxy) is 3. The number of benzene rings is 2. The zero-order chi connectivity index (χ0) is 26.8. The summed E-state index contributed by atoms with van der Waals surface area (Å²) in [5, 5.41) is 30.0. The number of carbonyl (C=O) groups is 1. The molecule has 0 fully saturated rings. The van der Waals surface area contributed by atoms with E-state index >= 15 is 0 Å². The molecule has 0 bridgehead atoms. The van der Waals surface area contributed by atoms with Gasteiger partial charge < -0.3 is 34.3 Å². The van der Waals surface area contributed by atoms with Crippen LogP contribution in [0.2, 0.25) is 5.02 Å². The molecule has 8 nitrogen and oxygen atoms in total. The number of aliphatic hydroxyl groups excluding tert-OH is 2. The maximum atomic E-state index is 11.0. The molecule has 0 radical (unpaired) electrons. The van der Waals surface area contributed by atoms with Crippen LogP contribution in [0, 0.1) is 12.8 Å². The molecule has 0 saturated heterocycles. The number of carbonyl (C=O) groups excluding carboxylic acids is 1. The van der Waals surface area contributed by atoms with Gasteiger partial charge in [0.05, 0.1) is 25.9 Å². The summed E-state index contributed by atoms with van der Waals surface area (Å²) in [5.74, 6) is -0.495. The van der Waals surface area contributed by atoms with Crippen LogP contribution >= 0.6 is 11.6 Å². The molecule has 1 atom stereocenters. The molecule has 0 saturated carbocycles. The number of aliphatic carboxylic acids is 1. The van der Waals surface area contributed by atoms with E-state index in [9.17, 15) is 20.1 Å². The van der Waals surface area contributed by atoms with E-state index in [0.29, 0.717) is 29.9 Å². The molecule has 0 aliphatic carbocycles. The van der Waals surface area contributed by atoms with Crippen LogP contribution in [0.4, 0.5) is 0 Å². The quantitative estimate of drug-likeness (QED) is 0.278. The Balaban J connectivity index is 0.00000507. The number of aryl methyl sites for hydroxylation is 1. The third-order valence-corrected chi connectivity index (χ3v) is 6.07. The maximum Gasteiger partial charge on any atom is 1.00 e. The van der Waals surface area contributed by atoms with Crippen molar-refractivity contribution in [3.63, 3.8) is 0 Å². The van der Waals surface area contributed by atoms with E-state index in [-0.39, 0.29) is 61.7 Å². The molecule has 1 aromatic heterocycles. The molecule has 3 rings (SSSR count). The Hall–Kier alpha value is -2.17. The number of aliphatic hydroxyl groups is 2. The van der Waals surface area contributed by atoms with E-state index < -0.39 is 12.1 Å². The van der Waals surface area contributed by atoms with E-state index in [1.54, 1.807) is 30.3 Å². The zero-order valence-corrected chi connectivity index (χ0v) is 24.6. The fourth-order valence-electron chi connectivity index (χ4n) is 3.71. The van der Waals surface area contributed by atoms with Gasteiger partial charge in [0.15, 0.2) is 0 Å². The van der Waals surface area contributed by atoms with E-state index in [1.165, 1.54) is 0 Å². The van der Waals surface area contributed by atoms with Gasteiger partial charge in [-0.05, 0) is 55.3 Å². The van der Waals surface area contributed by atoms with Crippen molar-refractivity contribution < 1.29 is 63.9 Å². The average Bonchev–Trinajstić information content (AvgIpc) is 2.89. The maximum absolute atomic E-state index is 11.0. The zero-order valence-electron chi connectivity index (χ0n) is 21.9. The number of rotatable bonds is 14. The third-order valence-electron chi connectivity index (χ3n) is 5.74. The largest absolute Gasteiger partial charge is 1.00 e. The van der Waals surface area contributed by atoms with Gasteiger partial charge in [0.25, 0.3) is 0 Å². The third kappa shape index (κ3) is 9.24. The second-order valence-electron chi connectivity index (χ2n) is 8.52. The van der Waals surface area contributed by atoms with Crippen molar-refractivity contribution >= 4 is 17.6 Å². The summed E-state index contributed by atoms with van der Waals surface area (Å²) in [4.78, 5) is 15.5. The topological polar surface area (TPSA) is 121 Å². The van der Waals surface area contributed by atoms with Crippen LogP contribution in [-0.2, 0) is 16.1 Å². The summed E-state index contributed by atoms with van der Waals surface area (Å²) in [7, 11) is 0. The Kier molecular flexibility index (Phi) is 13.5. The first-order valence-electron chi connectivity index (χ1n) is 12.0. The molecule has 0 spiro atoms. The molecule has 3 aromatic rings. The molecule has 1 heterocycles. The van der Waals surface area contributed by atoms with Crippen LogP contribution in [0.3, 0.4) is 0 Å². The van der Waals surface area contributed by atoms with Gasteiger partial charge >= 0.3 is 29.6 Å². The monoisotopic (exact) mass is 551 g/mol. The molecule has 0 unspecified atom stereocenters. The second-order valence-corrected chi connectivity index (χ2v) is 8.92. The summed E-state index contributed by atoms with van der Waals surface area (Å²) in [5.41, 5.74) is 4.02. The first kappa shape index (κ1) is 32.0. The fraction of sp³-hybridized carbons (Fsp3) is 0.357. The summed E-state index contributed by atoms with van der Waals surface area (Å²) < 4.78 is 17.0. The van der Waals surface area contributed by atoms with Crippen molar-refractivity contribution in [2.45, 2.75) is 33.0 Å². The van der Waals surface area contributed by atoms with Gasteiger partial charge in [-0.25, -0.2) is 4.98 Å². The molecule has 0 amide bonds. The minimum atomic E-state index is -1.16. The molecular formula is C28H31ClNNaO7. The number of pyridine rings is 1. The van der Waals surface area contributed by atoms with Crippen molar-refractivity contribution in [2.24, 2.45) is 5.92 Å². The number of carboxylic acids is 1. The van der Waals surface area contributed by atoms with Crippen LogP contribution in [0.5, 0.6) is 11.6 Å². The van der Waals surface area contributed by atoms with E-state index in [2.05, 4.69) is 4.98 Å². The molecule has 2 N–H and O–H groups in total. The van der Waals surface area contributed by atoms with Crippen LogP contribution in [0.25, 0.3) is 11.1 Å². The van der Waals surface area contributed by atoms with Crippen molar-refractivity contribution in [1.82, 2.24) is 4.98 Å². The van der Waals surface area contributed by atoms with Crippen molar-refractivity contribution in [3.05, 3.63) is 76.4 Å². The Morgan fingerprint density at radius 3 is 2.34 bits per heavy atom. The molecular weight excluding hydrogens is 521 g/mol. The summed E-state index contributed by atoms with van der Waals surface area (Å²) in [6, 6.07) is 16.4. The molecule has 2 aromatic carbocycles. The van der Waals surface area contributed by atoms with E-state index in [1.807, 2.05) is 38.1 Å². The van der Waals surface area contributed by atoms with Crippen LogP contribution < -0.4 is 44.1 Å². The normalized spacial score (nSPS) is 11.6. The van der Waals surface area contributed by atoms with Gasteiger partial charge in [-0.1, -0.05) is 29.8 Å². The predicted octanol–water partition coefficient (Wildman–Crippen LogP) is 0.491. The smallest absolute Gasteiger partial charge is 0.550 e. The standard InChI is InChI=1S/C28H32ClNO7.Na/c1-3-35-26(13-28(33)34)21-5-7-22(8-6-21)36-16-19-4-10-25(29)24(12-19)23-9-11-27(30-18(23)2)37-17-20(14-31)15-32;/h4-12,20,26,31-32H,3,13-17H2,1-2H3,(H,33,34);/q;+1/p-1/t26-;/m0./s1. The van der Waals surface area contributed by atoms with Crippen LogP contribution in [0.15, 0.2) is 54.6 Å². The number of nitrogens with zero attached hydrogens (tertiary/aromatic N) is 1. The van der Waals surface area contributed by atoms with E-state index in [4.69, 9.17) is 25.8 Å². The number of carboxylic acid groups (broad SMARTS) is 1. The van der Waals surface area contributed by atoms with Crippen LogP contribution in [0.1, 0.15) is 36.3 Å². The predicted molar refractivity (Wildman–Crippen MR) is 137 cm³/mol. The Morgan fingerprint density at radius 2 is 1.74 bits per heavy atom. The fourth-order valence-corrected chi connectivity index (χ4v) is 3.93. The summed E-state index contributed by atoms with van der Waals surface area (Å²) >= 11 is 6.50.